The number of rotatable bonds is 2. The van der Waals surface area contributed by atoms with E-state index in [0.717, 1.165) is 6.42 Å². The molecule has 0 aliphatic carbocycles. The molecule has 0 aromatic heterocycles. The number of halogens is 1. The van der Waals surface area contributed by atoms with Gasteiger partial charge in [0.2, 0.25) is 0 Å². The molecule has 0 saturated carbocycles. The topological polar surface area (TPSA) is 0 Å². The molecule has 0 N–H and O–H groups in total. The largest absolute Gasteiger partial charge is 0.230 e. The minimum absolute atomic E-state index is 0.676. The van der Waals surface area contributed by atoms with Crippen LogP contribution in [0.4, 0.5) is 4.39 Å². The lowest BCUT2D eigenvalue weighted by atomic mass is 10.1. The fourth-order valence-corrected chi connectivity index (χ4v) is 1.38. The van der Waals surface area contributed by atoms with Crippen molar-refractivity contribution in [1.82, 2.24) is 0 Å². The fourth-order valence-electron chi connectivity index (χ4n) is 0.996. The lowest BCUT2D eigenvalue weighted by Crippen LogP contribution is -1.99. The average molecular weight is 202 g/mol. The van der Waals surface area contributed by atoms with Crippen LogP contribution in [0.1, 0.15) is 18.1 Å². The molecule has 1 aromatic rings. The summed E-state index contributed by atoms with van der Waals surface area (Å²) in [5, 5.41) is -1.38. The van der Waals surface area contributed by atoms with Gasteiger partial charge >= 0.3 is 0 Å². The maximum atomic E-state index is 13.3. The first-order valence-electron chi connectivity index (χ1n) is 3.90. The van der Waals surface area contributed by atoms with E-state index in [0.29, 0.717) is 5.56 Å². The minimum Gasteiger partial charge on any atom is -0.230 e. The number of aryl methyl sites for hydroxylation is 1. The molecule has 2 unspecified atom stereocenters. The van der Waals surface area contributed by atoms with Gasteiger partial charge in [0.1, 0.15) is 0 Å². The van der Waals surface area contributed by atoms with E-state index < -0.39 is 5.15 Å². The lowest BCUT2D eigenvalue weighted by molar-refractivity contribution is 0.423. The lowest BCUT2D eigenvalue weighted by Gasteiger charge is -2.14. The number of hydrogen-bond donors (Lipinski definition) is 0. The molecule has 66 valence electrons. The van der Waals surface area contributed by atoms with Gasteiger partial charge in [0.25, 0.3) is 0 Å². The Labute approximate surface area is 77.4 Å². The van der Waals surface area contributed by atoms with Crippen LogP contribution in [-0.4, -0.2) is 0 Å². The molecule has 0 nitrogen and oxygen atoms in total. The van der Waals surface area contributed by atoms with Crippen LogP contribution >= 0.6 is 18.5 Å². The van der Waals surface area contributed by atoms with Gasteiger partial charge < -0.3 is 0 Å². The molecule has 1 aromatic carbocycles. The third-order valence-electron chi connectivity index (χ3n) is 1.80. The summed E-state index contributed by atoms with van der Waals surface area (Å²) in [6.45, 7) is 2.08. The summed E-state index contributed by atoms with van der Waals surface area (Å²) >= 11 is 0. The van der Waals surface area contributed by atoms with Crippen molar-refractivity contribution in [1.29, 1.82) is 0 Å². The Kier molecular flexibility index (Phi) is 3.21. The molecule has 12 heavy (non-hydrogen) atoms. The highest BCUT2D eigenvalue weighted by Gasteiger charge is 2.17. The van der Waals surface area contributed by atoms with Crippen molar-refractivity contribution >= 4 is 18.5 Å². The molecular weight excluding hydrogens is 189 g/mol. The standard InChI is InChI=1S/C9H13FP2/c1-2-7-3-5-8(6-4-7)9(10,11)12/h3-6H,2,11-12H2,1H3. The van der Waals surface area contributed by atoms with Crippen LogP contribution in [0.25, 0.3) is 0 Å². The predicted molar refractivity (Wildman–Crippen MR) is 58.0 cm³/mol. The molecule has 0 heterocycles. The van der Waals surface area contributed by atoms with E-state index in [9.17, 15) is 4.39 Å². The van der Waals surface area contributed by atoms with Crippen LogP contribution in [-0.2, 0) is 11.6 Å². The summed E-state index contributed by atoms with van der Waals surface area (Å²) in [5.74, 6) is 0. The Morgan fingerprint density at radius 3 is 2.08 bits per heavy atom. The Morgan fingerprint density at radius 2 is 1.75 bits per heavy atom. The first-order valence-corrected chi connectivity index (χ1v) is 5.05. The first-order chi connectivity index (χ1) is 5.54. The second-order valence-electron chi connectivity index (χ2n) is 2.82. The van der Waals surface area contributed by atoms with E-state index >= 15 is 0 Å². The predicted octanol–water partition coefficient (Wildman–Crippen LogP) is 3.08. The minimum atomic E-state index is -1.38. The van der Waals surface area contributed by atoms with Crippen LogP contribution in [0.5, 0.6) is 0 Å². The fraction of sp³-hybridized carbons (Fsp3) is 0.333. The third kappa shape index (κ3) is 2.51. The summed E-state index contributed by atoms with van der Waals surface area (Å²) in [6, 6.07) is 7.55. The molecule has 0 bridgehead atoms. The van der Waals surface area contributed by atoms with Gasteiger partial charge in [-0.25, -0.2) is 4.39 Å². The maximum absolute atomic E-state index is 13.3. The molecule has 3 heteroatoms. The van der Waals surface area contributed by atoms with Crippen molar-refractivity contribution in [2.75, 3.05) is 0 Å². The zero-order valence-corrected chi connectivity index (χ0v) is 9.36. The van der Waals surface area contributed by atoms with E-state index in [1.54, 1.807) is 0 Å². The van der Waals surface area contributed by atoms with Crippen molar-refractivity contribution in [3.63, 3.8) is 0 Å². The van der Waals surface area contributed by atoms with E-state index in [1.807, 2.05) is 24.3 Å². The normalized spacial score (nSPS) is 11.7. The summed E-state index contributed by atoms with van der Waals surface area (Å²) in [6.07, 6.45) is 0.993. The second-order valence-corrected chi connectivity index (χ2v) is 5.17. The van der Waals surface area contributed by atoms with Gasteiger partial charge in [0, 0.05) is 0 Å². The van der Waals surface area contributed by atoms with Gasteiger partial charge in [0.15, 0.2) is 5.15 Å². The average Bonchev–Trinajstić information content (AvgIpc) is 2.03. The molecule has 0 spiro atoms. The smallest absolute Gasteiger partial charge is 0.160 e. The van der Waals surface area contributed by atoms with Crippen molar-refractivity contribution < 1.29 is 4.39 Å². The molecule has 0 fully saturated rings. The number of benzene rings is 1. The van der Waals surface area contributed by atoms with Gasteiger partial charge in [-0.1, -0.05) is 49.7 Å². The quantitative estimate of drug-likeness (QED) is 0.646. The Morgan fingerprint density at radius 1 is 1.25 bits per heavy atom. The SMILES string of the molecule is CCc1ccc(C(F)(P)P)cc1. The summed E-state index contributed by atoms with van der Waals surface area (Å²) in [5.41, 5.74) is 1.91. The first kappa shape index (κ1) is 10.1. The van der Waals surface area contributed by atoms with Crippen molar-refractivity contribution in [2.24, 2.45) is 0 Å². The Bertz CT molecular complexity index is 248. The monoisotopic (exact) mass is 202 g/mol. The molecule has 0 radical (unpaired) electrons. The Balaban J connectivity index is 2.93. The summed E-state index contributed by atoms with van der Waals surface area (Å²) in [7, 11) is 4.32. The summed E-state index contributed by atoms with van der Waals surface area (Å²) in [4.78, 5) is 0. The van der Waals surface area contributed by atoms with Gasteiger partial charge in [0.05, 0.1) is 0 Å². The van der Waals surface area contributed by atoms with Gasteiger partial charge in [-0.15, -0.1) is 0 Å². The second kappa shape index (κ2) is 3.81. The van der Waals surface area contributed by atoms with Crippen LogP contribution in [0.15, 0.2) is 24.3 Å². The highest BCUT2D eigenvalue weighted by Crippen LogP contribution is 2.39. The van der Waals surface area contributed by atoms with Gasteiger partial charge in [-0.2, -0.15) is 0 Å². The zero-order valence-electron chi connectivity index (χ0n) is 7.05. The van der Waals surface area contributed by atoms with Crippen molar-refractivity contribution in [3.05, 3.63) is 35.4 Å². The number of hydrogen-bond acceptors (Lipinski definition) is 0. The molecule has 0 saturated heterocycles. The molecule has 0 aliphatic rings. The third-order valence-corrected chi connectivity index (χ3v) is 2.47. The molecule has 2 atom stereocenters. The Hall–Kier alpha value is 0.01000. The molecule has 0 amide bonds. The van der Waals surface area contributed by atoms with E-state index in [2.05, 4.69) is 25.4 Å². The molecule has 1 rings (SSSR count). The van der Waals surface area contributed by atoms with E-state index in [-0.39, 0.29) is 0 Å². The van der Waals surface area contributed by atoms with Gasteiger partial charge in [-0.05, 0) is 17.5 Å². The van der Waals surface area contributed by atoms with E-state index in [4.69, 9.17) is 0 Å². The van der Waals surface area contributed by atoms with Crippen LogP contribution in [0, 0.1) is 0 Å². The molecule has 0 aliphatic heterocycles. The van der Waals surface area contributed by atoms with Crippen LogP contribution < -0.4 is 0 Å². The van der Waals surface area contributed by atoms with Crippen molar-refractivity contribution in [3.8, 4) is 0 Å². The van der Waals surface area contributed by atoms with Crippen molar-refractivity contribution in [2.45, 2.75) is 18.5 Å². The maximum Gasteiger partial charge on any atom is 0.160 e. The van der Waals surface area contributed by atoms with Crippen LogP contribution in [0.2, 0.25) is 0 Å². The van der Waals surface area contributed by atoms with E-state index in [1.165, 1.54) is 5.56 Å². The van der Waals surface area contributed by atoms with Gasteiger partial charge in [-0.3, -0.25) is 0 Å². The zero-order chi connectivity index (χ0) is 9.19. The highest BCUT2D eigenvalue weighted by atomic mass is 31.1. The highest BCUT2D eigenvalue weighted by molar-refractivity contribution is 7.38. The molecular formula is C9H13FP2. The van der Waals surface area contributed by atoms with Crippen LogP contribution in [0.3, 0.4) is 0 Å². The summed E-state index contributed by atoms with van der Waals surface area (Å²) < 4.78 is 13.3. The number of alkyl halides is 1.